The molecule has 0 heterocycles. The first-order valence-corrected chi connectivity index (χ1v) is 6.28. The lowest BCUT2D eigenvalue weighted by Gasteiger charge is -2.24. The Balaban J connectivity index is 2.21. The van der Waals surface area contributed by atoms with Gasteiger partial charge in [-0.1, -0.05) is 33.1 Å². The minimum absolute atomic E-state index is 0.200. The number of hydrogen-bond acceptors (Lipinski definition) is 2. The number of nitrogens with zero attached hydrogens (tertiary/aromatic N) is 1. The first kappa shape index (κ1) is 12.5. The van der Waals surface area contributed by atoms with Crippen molar-refractivity contribution in [3.63, 3.8) is 0 Å². The maximum atomic E-state index is 11.7. The van der Waals surface area contributed by atoms with E-state index in [1.54, 1.807) is 0 Å². The van der Waals surface area contributed by atoms with Gasteiger partial charge in [-0.05, 0) is 25.9 Å². The van der Waals surface area contributed by atoms with Crippen LogP contribution in [0.25, 0.3) is 0 Å². The van der Waals surface area contributed by atoms with Crippen LogP contribution in [0.3, 0.4) is 0 Å². The Bertz CT molecular complexity index is 184. The average molecular weight is 212 g/mol. The predicted octanol–water partition coefficient (Wildman–Crippen LogP) is 1.78. The summed E-state index contributed by atoms with van der Waals surface area (Å²) in [6.45, 7) is 6.65. The Morgan fingerprint density at radius 2 is 1.80 bits per heavy atom. The number of hydrogen-bond donors (Lipinski definition) is 1. The van der Waals surface area contributed by atoms with Crippen molar-refractivity contribution >= 4 is 5.91 Å². The second-order valence-electron chi connectivity index (χ2n) is 4.36. The van der Waals surface area contributed by atoms with Crippen LogP contribution in [0.15, 0.2) is 0 Å². The largest absolute Gasteiger partial charge is 0.352 e. The predicted molar refractivity (Wildman–Crippen MR) is 62.8 cm³/mol. The summed E-state index contributed by atoms with van der Waals surface area (Å²) in [5.74, 6) is 0.200. The summed E-state index contributed by atoms with van der Waals surface area (Å²) in [6, 6.07) is 0.446. The highest BCUT2D eigenvalue weighted by Gasteiger charge is 2.16. The van der Waals surface area contributed by atoms with Gasteiger partial charge < -0.3 is 5.32 Å². The van der Waals surface area contributed by atoms with Crippen LogP contribution in [0.1, 0.15) is 46.0 Å². The average Bonchev–Trinajstić information content (AvgIpc) is 2.27. The van der Waals surface area contributed by atoms with E-state index < -0.39 is 0 Å². The van der Waals surface area contributed by atoms with E-state index in [1.807, 2.05) is 0 Å². The molecular formula is C12H24N2O. The molecule has 0 aromatic rings. The van der Waals surface area contributed by atoms with Crippen LogP contribution in [0, 0.1) is 0 Å². The maximum absolute atomic E-state index is 11.7. The van der Waals surface area contributed by atoms with Gasteiger partial charge in [-0.25, -0.2) is 0 Å². The van der Waals surface area contributed by atoms with Crippen molar-refractivity contribution in [2.45, 2.75) is 52.0 Å². The third kappa shape index (κ3) is 4.65. The SMILES string of the molecule is CCN(CC)CC(=O)NC1CCCCC1. The highest BCUT2D eigenvalue weighted by atomic mass is 16.2. The van der Waals surface area contributed by atoms with E-state index in [0.29, 0.717) is 12.6 Å². The second kappa shape index (κ2) is 6.83. The first-order chi connectivity index (χ1) is 7.26. The van der Waals surface area contributed by atoms with Gasteiger partial charge in [-0.3, -0.25) is 9.69 Å². The fourth-order valence-corrected chi connectivity index (χ4v) is 2.17. The summed E-state index contributed by atoms with van der Waals surface area (Å²) >= 11 is 0. The Kier molecular flexibility index (Phi) is 5.69. The second-order valence-corrected chi connectivity index (χ2v) is 4.36. The van der Waals surface area contributed by atoms with Gasteiger partial charge in [-0.15, -0.1) is 0 Å². The van der Waals surface area contributed by atoms with Gasteiger partial charge in [-0.2, -0.15) is 0 Å². The molecule has 0 bridgehead atoms. The summed E-state index contributed by atoms with van der Waals surface area (Å²) in [7, 11) is 0. The summed E-state index contributed by atoms with van der Waals surface area (Å²) in [4.78, 5) is 13.8. The monoisotopic (exact) mass is 212 g/mol. The van der Waals surface area contributed by atoms with Crippen molar-refractivity contribution < 1.29 is 4.79 Å². The van der Waals surface area contributed by atoms with Crippen LogP contribution in [-0.2, 0) is 4.79 Å². The maximum Gasteiger partial charge on any atom is 0.234 e. The van der Waals surface area contributed by atoms with Crippen molar-refractivity contribution in [3.05, 3.63) is 0 Å². The van der Waals surface area contributed by atoms with E-state index in [4.69, 9.17) is 0 Å². The molecule has 1 fully saturated rings. The topological polar surface area (TPSA) is 32.3 Å². The van der Waals surface area contributed by atoms with Crippen LogP contribution in [0.4, 0.5) is 0 Å². The standard InChI is InChI=1S/C12H24N2O/c1-3-14(4-2)10-12(15)13-11-8-6-5-7-9-11/h11H,3-10H2,1-2H3,(H,13,15). The Hall–Kier alpha value is -0.570. The zero-order valence-electron chi connectivity index (χ0n) is 10.1. The molecule has 1 aliphatic rings. The Morgan fingerprint density at radius 1 is 1.20 bits per heavy atom. The number of carbonyl (C=O) groups is 1. The number of rotatable bonds is 5. The van der Waals surface area contributed by atoms with E-state index >= 15 is 0 Å². The van der Waals surface area contributed by atoms with Crippen molar-refractivity contribution in [3.8, 4) is 0 Å². The molecule has 0 unspecified atom stereocenters. The van der Waals surface area contributed by atoms with Gasteiger partial charge in [0.05, 0.1) is 6.54 Å². The third-order valence-electron chi connectivity index (χ3n) is 3.23. The zero-order chi connectivity index (χ0) is 11.1. The van der Waals surface area contributed by atoms with Gasteiger partial charge in [0.25, 0.3) is 0 Å². The van der Waals surface area contributed by atoms with Crippen molar-refractivity contribution in [1.82, 2.24) is 10.2 Å². The molecule has 1 aliphatic carbocycles. The normalized spacial score (nSPS) is 18.1. The first-order valence-electron chi connectivity index (χ1n) is 6.28. The summed E-state index contributed by atoms with van der Waals surface area (Å²) in [5.41, 5.74) is 0. The molecule has 1 rings (SSSR count). The molecule has 0 aliphatic heterocycles. The van der Waals surface area contributed by atoms with Crippen LogP contribution >= 0.6 is 0 Å². The van der Waals surface area contributed by atoms with Gasteiger partial charge in [0, 0.05) is 6.04 Å². The highest BCUT2D eigenvalue weighted by Crippen LogP contribution is 2.17. The molecule has 0 aromatic carbocycles. The van der Waals surface area contributed by atoms with E-state index in [0.717, 1.165) is 13.1 Å². The lowest BCUT2D eigenvalue weighted by molar-refractivity contribution is -0.123. The highest BCUT2D eigenvalue weighted by molar-refractivity contribution is 5.78. The van der Waals surface area contributed by atoms with E-state index in [2.05, 4.69) is 24.1 Å². The smallest absolute Gasteiger partial charge is 0.234 e. The number of likely N-dealkylation sites (N-methyl/N-ethyl adjacent to an activating group) is 1. The lowest BCUT2D eigenvalue weighted by atomic mass is 9.95. The minimum atomic E-state index is 0.200. The van der Waals surface area contributed by atoms with Gasteiger partial charge in [0.2, 0.25) is 5.91 Å². The molecule has 1 N–H and O–H groups in total. The number of nitrogens with one attached hydrogen (secondary N) is 1. The molecule has 3 heteroatoms. The third-order valence-corrected chi connectivity index (χ3v) is 3.23. The van der Waals surface area contributed by atoms with Crippen molar-refractivity contribution in [1.29, 1.82) is 0 Å². The molecule has 1 saturated carbocycles. The van der Waals surface area contributed by atoms with Crippen LogP contribution < -0.4 is 5.32 Å². The van der Waals surface area contributed by atoms with E-state index in [-0.39, 0.29) is 5.91 Å². The molecule has 3 nitrogen and oxygen atoms in total. The summed E-state index contributed by atoms with van der Waals surface area (Å²) in [6.07, 6.45) is 6.23. The quantitative estimate of drug-likeness (QED) is 0.753. The molecule has 0 saturated heterocycles. The lowest BCUT2D eigenvalue weighted by Crippen LogP contribution is -2.42. The number of amides is 1. The molecule has 88 valence electrons. The van der Waals surface area contributed by atoms with Gasteiger partial charge in [0.1, 0.15) is 0 Å². The summed E-state index contributed by atoms with van der Waals surface area (Å²) < 4.78 is 0. The fourth-order valence-electron chi connectivity index (χ4n) is 2.17. The Morgan fingerprint density at radius 3 is 2.33 bits per heavy atom. The molecular weight excluding hydrogens is 188 g/mol. The Labute approximate surface area is 93.2 Å². The number of carbonyl (C=O) groups excluding carboxylic acids is 1. The molecule has 1 amide bonds. The minimum Gasteiger partial charge on any atom is -0.352 e. The van der Waals surface area contributed by atoms with Gasteiger partial charge in [0.15, 0.2) is 0 Å². The molecule has 0 radical (unpaired) electrons. The van der Waals surface area contributed by atoms with Gasteiger partial charge >= 0.3 is 0 Å². The molecule has 0 atom stereocenters. The molecule has 0 spiro atoms. The van der Waals surface area contributed by atoms with Crippen LogP contribution in [0.2, 0.25) is 0 Å². The zero-order valence-corrected chi connectivity index (χ0v) is 10.1. The molecule has 15 heavy (non-hydrogen) atoms. The van der Waals surface area contributed by atoms with Crippen LogP contribution in [0.5, 0.6) is 0 Å². The summed E-state index contributed by atoms with van der Waals surface area (Å²) in [5, 5.41) is 3.14. The molecule has 0 aromatic heterocycles. The van der Waals surface area contributed by atoms with Crippen LogP contribution in [-0.4, -0.2) is 36.5 Å². The van der Waals surface area contributed by atoms with E-state index in [9.17, 15) is 4.79 Å². The van der Waals surface area contributed by atoms with Crippen molar-refractivity contribution in [2.75, 3.05) is 19.6 Å². The van der Waals surface area contributed by atoms with E-state index in [1.165, 1.54) is 32.1 Å². The van der Waals surface area contributed by atoms with Crippen molar-refractivity contribution in [2.24, 2.45) is 0 Å². The fraction of sp³-hybridized carbons (Fsp3) is 0.917.